The molecule has 0 amide bonds. The fraction of sp³-hybridized carbons (Fsp3) is 0.462. The summed E-state index contributed by atoms with van der Waals surface area (Å²) in [5.74, 6) is 0. The number of unbranched alkanes of at least 4 members (excludes halogenated alkanes) is 4. The first-order chi connectivity index (χ1) is 6.91. The average Bonchev–Trinajstić information content (AvgIpc) is 2.21. The van der Waals surface area contributed by atoms with Gasteiger partial charge in [0.2, 0.25) is 0 Å². The van der Waals surface area contributed by atoms with Crippen LogP contribution in [0.3, 0.4) is 0 Å². The van der Waals surface area contributed by atoms with Crippen LogP contribution in [-0.4, -0.2) is 0 Å². The minimum absolute atomic E-state index is 1.18. The molecule has 0 atom stereocenters. The van der Waals surface area contributed by atoms with Crippen LogP contribution in [0.25, 0.3) is 0 Å². The second kappa shape index (κ2) is 12.0. The van der Waals surface area contributed by atoms with Gasteiger partial charge >= 0.3 is 0 Å². The number of rotatable bonds is 8. The van der Waals surface area contributed by atoms with Crippen molar-refractivity contribution < 1.29 is 4.74 Å². The summed E-state index contributed by atoms with van der Waals surface area (Å²) in [4.78, 5) is 0. The Kier molecular flexibility index (Phi) is 11.2. The molecule has 0 aliphatic heterocycles. The van der Waals surface area contributed by atoms with Crippen LogP contribution in [0.15, 0.2) is 36.6 Å². The van der Waals surface area contributed by atoms with Gasteiger partial charge in [0.25, 0.3) is 0 Å². The van der Waals surface area contributed by atoms with E-state index in [9.17, 15) is 0 Å². The van der Waals surface area contributed by atoms with Crippen molar-refractivity contribution in [2.45, 2.75) is 39.0 Å². The molecule has 0 heterocycles. The maximum atomic E-state index is 4.51. The van der Waals surface area contributed by atoms with Gasteiger partial charge in [0.05, 0.1) is 6.26 Å². The largest absolute Gasteiger partial charge is 0.498 e. The summed E-state index contributed by atoms with van der Waals surface area (Å²) in [6.45, 7) is 2.23. The lowest BCUT2D eigenvalue weighted by molar-refractivity contribution is 0.394. The molecule has 0 aliphatic carbocycles. The van der Waals surface area contributed by atoms with E-state index in [-0.39, 0.29) is 0 Å². The molecule has 0 aromatic heterocycles. The second-order valence-electron chi connectivity index (χ2n) is 3.16. The lowest BCUT2D eigenvalue weighted by Crippen LogP contribution is -1.72. The van der Waals surface area contributed by atoms with Gasteiger partial charge in [0, 0.05) is 0 Å². The van der Waals surface area contributed by atoms with Gasteiger partial charge in [-0.1, -0.05) is 50.5 Å². The zero-order chi connectivity index (χ0) is 10.5. The van der Waals surface area contributed by atoms with Crippen LogP contribution >= 0.6 is 0 Å². The summed E-state index contributed by atoms with van der Waals surface area (Å²) < 4.78 is 4.51. The number of hydrogen-bond acceptors (Lipinski definition) is 1. The van der Waals surface area contributed by atoms with Gasteiger partial charge in [-0.3, -0.25) is 0 Å². The van der Waals surface area contributed by atoms with Crippen molar-refractivity contribution in [3.8, 4) is 0 Å². The maximum Gasteiger partial charge on any atom is 0.121 e. The quantitative estimate of drug-likeness (QED) is 0.315. The van der Waals surface area contributed by atoms with Crippen molar-refractivity contribution in [2.24, 2.45) is 0 Å². The van der Waals surface area contributed by atoms with Crippen molar-refractivity contribution in [1.29, 1.82) is 0 Å². The summed E-state index contributed by atoms with van der Waals surface area (Å²) in [7, 11) is 3.22. The maximum absolute atomic E-state index is 4.51. The van der Waals surface area contributed by atoms with Crippen molar-refractivity contribution in [3.05, 3.63) is 43.8 Å². The standard InChI is InChI=1S/C13H21O/c1-3-4-5-6-7-8-9-10-11-12-13-14-2/h8-13H,2-7H2,1H3/b9-8+,11-10+,13-12+. The van der Waals surface area contributed by atoms with Gasteiger partial charge < -0.3 is 4.74 Å². The normalized spacial score (nSPS) is 12.1. The molecule has 1 nitrogen and oxygen atoms in total. The zero-order valence-electron chi connectivity index (χ0n) is 9.11. The van der Waals surface area contributed by atoms with E-state index in [0.717, 1.165) is 0 Å². The van der Waals surface area contributed by atoms with Crippen LogP contribution in [-0.2, 0) is 4.74 Å². The Bertz CT molecular complexity index is 178. The molecule has 0 N–H and O–H groups in total. The van der Waals surface area contributed by atoms with Gasteiger partial charge in [0.15, 0.2) is 0 Å². The zero-order valence-corrected chi connectivity index (χ0v) is 9.11. The molecule has 0 aromatic rings. The lowest BCUT2D eigenvalue weighted by atomic mass is 10.1. The van der Waals surface area contributed by atoms with Crippen LogP contribution in [0.1, 0.15) is 39.0 Å². The van der Waals surface area contributed by atoms with Gasteiger partial charge in [-0.25, -0.2) is 0 Å². The first-order valence-electron chi connectivity index (χ1n) is 5.31. The van der Waals surface area contributed by atoms with Gasteiger partial charge in [-0.2, -0.15) is 0 Å². The Morgan fingerprint density at radius 1 is 1.00 bits per heavy atom. The molecule has 0 saturated carbocycles. The average molecular weight is 193 g/mol. The fourth-order valence-electron chi connectivity index (χ4n) is 1.09. The summed E-state index contributed by atoms with van der Waals surface area (Å²) >= 11 is 0. The number of ether oxygens (including phenoxy) is 1. The molecule has 0 saturated heterocycles. The van der Waals surface area contributed by atoms with Crippen molar-refractivity contribution in [1.82, 2.24) is 0 Å². The summed E-state index contributed by atoms with van der Waals surface area (Å²) in [5, 5.41) is 0. The smallest absolute Gasteiger partial charge is 0.121 e. The van der Waals surface area contributed by atoms with E-state index in [2.05, 4.69) is 30.9 Å². The number of allylic oxidation sites excluding steroid dienone is 5. The number of hydrogen-bond donors (Lipinski definition) is 0. The van der Waals surface area contributed by atoms with E-state index in [1.807, 2.05) is 18.2 Å². The highest BCUT2D eigenvalue weighted by molar-refractivity contribution is 5.09. The molecule has 79 valence electrons. The molecule has 0 rings (SSSR count). The van der Waals surface area contributed by atoms with Gasteiger partial charge in [-0.05, 0) is 18.9 Å². The third-order valence-corrected chi connectivity index (χ3v) is 1.87. The Morgan fingerprint density at radius 2 is 1.79 bits per heavy atom. The molecule has 0 bridgehead atoms. The third kappa shape index (κ3) is 11.0. The highest BCUT2D eigenvalue weighted by Gasteiger charge is 1.82. The fourth-order valence-corrected chi connectivity index (χ4v) is 1.09. The van der Waals surface area contributed by atoms with E-state index < -0.39 is 0 Å². The Hall–Kier alpha value is -0.980. The van der Waals surface area contributed by atoms with Crippen LogP contribution < -0.4 is 0 Å². The predicted molar refractivity (Wildman–Crippen MR) is 62.6 cm³/mol. The summed E-state index contributed by atoms with van der Waals surface area (Å²) in [5.41, 5.74) is 0. The first-order valence-corrected chi connectivity index (χ1v) is 5.31. The summed E-state index contributed by atoms with van der Waals surface area (Å²) in [6, 6.07) is 0. The predicted octanol–water partition coefficient (Wildman–Crippen LogP) is 4.39. The topological polar surface area (TPSA) is 9.23 Å². The minimum Gasteiger partial charge on any atom is -0.498 e. The van der Waals surface area contributed by atoms with Crippen LogP contribution in [0.2, 0.25) is 0 Å². The van der Waals surface area contributed by atoms with Crippen molar-refractivity contribution >= 4 is 0 Å². The molecule has 0 spiro atoms. The molecule has 1 heteroatoms. The second-order valence-corrected chi connectivity index (χ2v) is 3.16. The summed E-state index contributed by atoms with van der Waals surface area (Å²) in [6.07, 6.45) is 18.0. The molecule has 14 heavy (non-hydrogen) atoms. The van der Waals surface area contributed by atoms with Crippen molar-refractivity contribution in [3.63, 3.8) is 0 Å². The monoisotopic (exact) mass is 193 g/mol. The van der Waals surface area contributed by atoms with Crippen LogP contribution in [0.5, 0.6) is 0 Å². The highest BCUT2D eigenvalue weighted by Crippen LogP contribution is 2.02. The Morgan fingerprint density at radius 3 is 2.50 bits per heavy atom. The molecule has 0 unspecified atom stereocenters. The van der Waals surface area contributed by atoms with Gasteiger partial charge in [0.1, 0.15) is 7.11 Å². The molecule has 0 fully saturated rings. The third-order valence-electron chi connectivity index (χ3n) is 1.87. The van der Waals surface area contributed by atoms with E-state index in [1.54, 1.807) is 6.26 Å². The van der Waals surface area contributed by atoms with E-state index in [4.69, 9.17) is 0 Å². The van der Waals surface area contributed by atoms with E-state index in [1.165, 1.54) is 32.1 Å². The molecule has 0 aromatic carbocycles. The molecule has 0 aliphatic rings. The van der Waals surface area contributed by atoms with Crippen molar-refractivity contribution in [2.75, 3.05) is 0 Å². The lowest BCUT2D eigenvalue weighted by Gasteiger charge is -1.92. The van der Waals surface area contributed by atoms with Gasteiger partial charge in [-0.15, -0.1) is 0 Å². The molecule has 1 radical (unpaired) electrons. The SMILES string of the molecule is [CH2]O/C=C/C=C/C=C/CCCCCC. The molecular weight excluding hydrogens is 172 g/mol. The Balaban J connectivity index is 3.26. The first kappa shape index (κ1) is 13.0. The van der Waals surface area contributed by atoms with Crippen LogP contribution in [0, 0.1) is 7.11 Å². The highest BCUT2D eigenvalue weighted by atomic mass is 16.5. The van der Waals surface area contributed by atoms with E-state index in [0.29, 0.717) is 0 Å². The van der Waals surface area contributed by atoms with Crippen LogP contribution in [0.4, 0.5) is 0 Å². The Labute approximate surface area is 88.2 Å². The molecular formula is C13H21O. The minimum atomic E-state index is 1.18. The van der Waals surface area contributed by atoms with E-state index >= 15 is 0 Å².